The van der Waals surface area contributed by atoms with Gasteiger partial charge in [0.2, 0.25) is 0 Å². The molecule has 0 fully saturated rings. The molecular formula is C12H16BrN. The molecule has 1 aromatic rings. The van der Waals surface area contributed by atoms with Crippen LogP contribution in [0.2, 0.25) is 0 Å². The van der Waals surface area contributed by atoms with E-state index >= 15 is 0 Å². The summed E-state index contributed by atoms with van der Waals surface area (Å²) in [6, 6.07) is 8.38. The predicted octanol–water partition coefficient (Wildman–Crippen LogP) is 3.50. The van der Waals surface area contributed by atoms with Crippen LogP contribution in [0.5, 0.6) is 0 Å². The average molecular weight is 254 g/mol. The molecule has 0 aromatic heterocycles. The Labute approximate surface area is 94.3 Å². The molecule has 0 heterocycles. The van der Waals surface area contributed by atoms with Crippen molar-refractivity contribution in [1.82, 2.24) is 5.32 Å². The molecule has 0 aliphatic heterocycles. The molecular weight excluding hydrogens is 238 g/mol. The average Bonchev–Trinajstić information content (AvgIpc) is 2.15. The lowest BCUT2D eigenvalue weighted by Gasteiger charge is -2.04. The van der Waals surface area contributed by atoms with Gasteiger partial charge >= 0.3 is 0 Å². The van der Waals surface area contributed by atoms with Crippen molar-refractivity contribution in [1.29, 1.82) is 0 Å². The molecule has 0 aliphatic carbocycles. The minimum Gasteiger partial charge on any atom is -0.312 e. The summed E-state index contributed by atoms with van der Waals surface area (Å²) in [6.07, 6.45) is 1.05. The third kappa shape index (κ3) is 4.58. The maximum atomic E-state index is 3.87. The third-order valence-electron chi connectivity index (χ3n) is 1.97. The van der Waals surface area contributed by atoms with Crippen molar-refractivity contribution >= 4 is 15.9 Å². The highest BCUT2D eigenvalue weighted by molar-refractivity contribution is 9.10. The lowest BCUT2D eigenvalue weighted by Crippen LogP contribution is -2.14. The summed E-state index contributed by atoms with van der Waals surface area (Å²) in [5.41, 5.74) is 2.54. The van der Waals surface area contributed by atoms with Gasteiger partial charge in [0.25, 0.3) is 0 Å². The maximum Gasteiger partial charge on any atom is 0.0205 e. The van der Waals surface area contributed by atoms with Crippen molar-refractivity contribution in [2.75, 3.05) is 6.54 Å². The Kier molecular flexibility index (Phi) is 4.91. The SMILES string of the molecule is C=C(C)CCNCc1ccc(Br)cc1. The molecule has 0 saturated carbocycles. The molecule has 0 bridgehead atoms. The van der Waals surface area contributed by atoms with Crippen LogP contribution in [0.3, 0.4) is 0 Å². The van der Waals surface area contributed by atoms with Crippen molar-refractivity contribution in [2.24, 2.45) is 0 Å². The molecule has 0 unspecified atom stereocenters. The first kappa shape index (κ1) is 11.5. The molecule has 0 aliphatic rings. The van der Waals surface area contributed by atoms with E-state index in [1.54, 1.807) is 0 Å². The van der Waals surface area contributed by atoms with Crippen LogP contribution in [0.15, 0.2) is 40.9 Å². The summed E-state index contributed by atoms with van der Waals surface area (Å²) < 4.78 is 1.13. The Morgan fingerprint density at radius 2 is 2.00 bits per heavy atom. The predicted molar refractivity (Wildman–Crippen MR) is 65.3 cm³/mol. The van der Waals surface area contributed by atoms with Crippen molar-refractivity contribution in [2.45, 2.75) is 19.9 Å². The third-order valence-corrected chi connectivity index (χ3v) is 2.50. The Bertz CT molecular complexity index is 290. The maximum absolute atomic E-state index is 3.87. The van der Waals surface area contributed by atoms with E-state index in [2.05, 4.69) is 59.0 Å². The number of hydrogen-bond acceptors (Lipinski definition) is 1. The number of nitrogens with one attached hydrogen (secondary N) is 1. The standard InChI is InChI=1S/C12H16BrN/c1-10(2)7-8-14-9-11-3-5-12(13)6-4-11/h3-6,14H,1,7-9H2,2H3. The molecule has 1 nitrogen and oxygen atoms in total. The Morgan fingerprint density at radius 1 is 1.36 bits per heavy atom. The lowest BCUT2D eigenvalue weighted by atomic mass is 10.2. The van der Waals surface area contributed by atoms with Crippen molar-refractivity contribution in [3.63, 3.8) is 0 Å². The molecule has 2 heteroatoms. The van der Waals surface area contributed by atoms with Crippen LogP contribution in [0.4, 0.5) is 0 Å². The molecule has 1 N–H and O–H groups in total. The highest BCUT2D eigenvalue weighted by Crippen LogP contribution is 2.10. The van der Waals surface area contributed by atoms with E-state index in [9.17, 15) is 0 Å². The van der Waals surface area contributed by atoms with Gasteiger partial charge in [0.1, 0.15) is 0 Å². The highest BCUT2D eigenvalue weighted by Gasteiger charge is 1.92. The van der Waals surface area contributed by atoms with Crippen LogP contribution in [-0.2, 0) is 6.54 Å². The lowest BCUT2D eigenvalue weighted by molar-refractivity contribution is 0.685. The minimum atomic E-state index is 0.931. The number of rotatable bonds is 5. The molecule has 0 saturated heterocycles. The molecule has 1 rings (SSSR count). The zero-order valence-corrected chi connectivity index (χ0v) is 10.1. The van der Waals surface area contributed by atoms with Crippen LogP contribution in [0.25, 0.3) is 0 Å². The number of benzene rings is 1. The van der Waals surface area contributed by atoms with Crippen molar-refractivity contribution in [3.8, 4) is 0 Å². The summed E-state index contributed by atoms with van der Waals surface area (Å²) in [4.78, 5) is 0. The van der Waals surface area contributed by atoms with E-state index in [4.69, 9.17) is 0 Å². The second kappa shape index (κ2) is 5.99. The fourth-order valence-corrected chi connectivity index (χ4v) is 1.40. The first-order valence-electron chi connectivity index (χ1n) is 4.78. The molecule has 0 amide bonds. The number of hydrogen-bond donors (Lipinski definition) is 1. The van der Waals surface area contributed by atoms with Gasteiger partial charge in [-0.3, -0.25) is 0 Å². The Morgan fingerprint density at radius 3 is 2.57 bits per heavy atom. The second-order valence-corrected chi connectivity index (χ2v) is 4.43. The summed E-state index contributed by atoms with van der Waals surface area (Å²) in [5, 5.41) is 3.38. The van der Waals surface area contributed by atoms with Gasteiger partial charge in [-0.25, -0.2) is 0 Å². The monoisotopic (exact) mass is 253 g/mol. The Hall–Kier alpha value is -0.600. The second-order valence-electron chi connectivity index (χ2n) is 3.51. The van der Waals surface area contributed by atoms with E-state index in [0.29, 0.717) is 0 Å². The molecule has 76 valence electrons. The normalized spacial score (nSPS) is 10.1. The first-order valence-corrected chi connectivity index (χ1v) is 5.57. The summed E-state index contributed by atoms with van der Waals surface area (Å²) in [7, 11) is 0. The van der Waals surface area contributed by atoms with Gasteiger partial charge in [-0.05, 0) is 37.6 Å². The van der Waals surface area contributed by atoms with Crippen molar-refractivity contribution in [3.05, 3.63) is 46.5 Å². The summed E-state index contributed by atoms with van der Waals surface area (Å²) in [5.74, 6) is 0. The summed E-state index contributed by atoms with van der Waals surface area (Å²) in [6.45, 7) is 7.86. The molecule has 0 atom stereocenters. The van der Waals surface area contributed by atoms with Crippen LogP contribution in [0.1, 0.15) is 18.9 Å². The molecule has 0 radical (unpaired) electrons. The van der Waals surface area contributed by atoms with Gasteiger partial charge in [-0.1, -0.05) is 33.6 Å². The van der Waals surface area contributed by atoms with Crippen LogP contribution in [-0.4, -0.2) is 6.54 Å². The van der Waals surface area contributed by atoms with Gasteiger partial charge in [-0.15, -0.1) is 6.58 Å². The zero-order chi connectivity index (χ0) is 10.4. The van der Waals surface area contributed by atoms with Crippen molar-refractivity contribution < 1.29 is 0 Å². The zero-order valence-electron chi connectivity index (χ0n) is 8.52. The van der Waals surface area contributed by atoms with Gasteiger partial charge < -0.3 is 5.32 Å². The van der Waals surface area contributed by atoms with E-state index < -0.39 is 0 Å². The van der Waals surface area contributed by atoms with Gasteiger partial charge in [0.05, 0.1) is 0 Å². The summed E-state index contributed by atoms with van der Waals surface area (Å²) >= 11 is 3.41. The molecule has 0 spiro atoms. The largest absolute Gasteiger partial charge is 0.312 e. The van der Waals surface area contributed by atoms with E-state index in [-0.39, 0.29) is 0 Å². The smallest absolute Gasteiger partial charge is 0.0205 e. The fraction of sp³-hybridized carbons (Fsp3) is 0.333. The minimum absolute atomic E-state index is 0.931. The van der Waals surface area contributed by atoms with Crippen LogP contribution in [0, 0.1) is 0 Å². The van der Waals surface area contributed by atoms with E-state index in [0.717, 1.165) is 24.0 Å². The van der Waals surface area contributed by atoms with Gasteiger partial charge in [0.15, 0.2) is 0 Å². The quantitative estimate of drug-likeness (QED) is 0.626. The fourth-order valence-electron chi connectivity index (χ4n) is 1.14. The first-order chi connectivity index (χ1) is 6.68. The van der Waals surface area contributed by atoms with Crippen LogP contribution >= 0.6 is 15.9 Å². The number of halogens is 1. The topological polar surface area (TPSA) is 12.0 Å². The van der Waals surface area contributed by atoms with E-state index in [1.807, 2.05) is 0 Å². The van der Waals surface area contributed by atoms with Gasteiger partial charge in [-0.2, -0.15) is 0 Å². The van der Waals surface area contributed by atoms with E-state index in [1.165, 1.54) is 11.1 Å². The highest BCUT2D eigenvalue weighted by atomic mass is 79.9. The van der Waals surface area contributed by atoms with Gasteiger partial charge in [0, 0.05) is 11.0 Å². The van der Waals surface area contributed by atoms with Crippen LogP contribution < -0.4 is 5.32 Å². The molecule has 1 aromatic carbocycles. The molecule has 14 heavy (non-hydrogen) atoms. The Balaban J connectivity index is 2.25.